The number of carbonyl (C=O) groups is 2. The summed E-state index contributed by atoms with van der Waals surface area (Å²) in [5, 5.41) is 13.2. The number of nitrogens with zero attached hydrogens (tertiary/aromatic N) is 2. The molecule has 0 fully saturated rings. The van der Waals surface area contributed by atoms with E-state index >= 15 is 0 Å². The second kappa shape index (κ2) is 11.0. The van der Waals surface area contributed by atoms with Gasteiger partial charge in [0.1, 0.15) is 11.6 Å². The summed E-state index contributed by atoms with van der Waals surface area (Å²) in [6.07, 6.45) is 0.507. The number of nitriles is 1. The average molecular weight is 502 g/mol. The van der Waals surface area contributed by atoms with Crippen LogP contribution >= 0.6 is 11.6 Å². The van der Waals surface area contributed by atoms with Crippen LogP contribution in [0.2, 0.25) is 5.02 Å². The molecule has 0 bridgehead atoms. The highest BCUT2D eigenvalue weighted by atomic mass is 35.5. The Bertz CT molecular complexity index is 1380. The maximum Gasteiger partial charge on any atom is 0.262 e. The predicted octanol–water partition coefficient (Wildman–Crippen LogP) is 4.54. The first-order valence-corrected chi connectivity index (χ1v) is 11.6. The summed E-state index contributed by atoms with van der Waals surface area (Å²) < 4.78 is 10.6. The number of halogens is 1. The molecular formula is C28H24ClN3O4. The Labute approximate surface area is 214 Å². The summed E-state index contributed by atoms with van der Waals surface area (Å²) >= 11 is 5.99. The number of anilines is 1. The lowest BCUT2D eigenvalue weighted by Gasteiger charge is -2.17. The third-order valence-corrected chi connectivity index (χ3v) is 6.17. The lowest BCUT2D eigenvalue weighted by molar-refractivity contribution is -0.117. The SMILES string of the molecule is COc1ccc(CCNC(=O)C(C#N)=C2C(=O)N(Cc3ccc(Cl)cc3)c3ccccc32)cc1OC. The van der Waals surface area contributed by atoms with Gasteiger partial charge in [0.15, 0.2) is 11.5 Å². The van der Waals surface area contributed by atoms with Gasteiger partial charge in [-0.15, -0.1) is 0 Å². The standard InChI is InChI=1S/C28H24ClN3O4/c1-35-24-12-9-18(15-25(24)36-2)13-14-31-27(33)22(16-30)26-21-5-3-4-6-23(21)32(28(26)34)17-19-7-10-20(29)11-8-19/h3-12,15H,13-14,17H2,1-2H3,(H,31,33). The molecule has 3 aromatic rings. The summed E-state index contributed by atoms with van der Waals surface area (Å²) in [5.41, 5.74) is 2.91. The number of para-hydroxylation sites is 1. The molecule has 0 aromatic heterocycles. The van der Waals surface area contributed by atoms with E-state index in [1.807, 2.05) is 36.4 Å². The van der Waals surface area contributed by atoms with Gasteiger partial charge in [0.25, 0.3) is 11.8 Å². The molecule has 2 amide bonds. The topological polar surface area (TPSA) is 91.7 Å². The van der Waals surface area contributed by atoms with E-state index < -0.39 is 11.8 Å². The number of fused-ring (bicyclic) bond motifs is 1. The van der Waals surface area contributed by atoms with Crippen molar-refractivity contribution in [3.05, 3.63) is 94.0 Å². The molecule has 0 saturated heterocycles. The summed E-state index contributed by atoms with van der Waals surface area (Å²) in [4.78, 5) is 28.0. The van der Waals surface area contributed by atoms with E-state index in [1.165, 1.54) is 0 Å². The molecule has 1 aliphatic rings. The van der Waals surface area contributed by atoms with E-state index in [2.05, 4.69) is 5.32 Å². The number of rotatable bonds is 8. The maximum atomic E-state index is 13.4. The van der Waals surface area contributed by atoms with E-state index in [9.17, 15) is 14.9 Å². The van der Waals surface area contributed by atoms with Crippen molar-refractivity contribution in [2.75, 3.05) is 25.7 Å². The van der Waals surface area contributed by atoms with E-state index in [0.717, 1.165) is 11.1 Å². The third kappa shape index (κ3) is 5.04. The Morgan fingerprint density at radius 3 is 2.39 bits per heavy atom. The van der Waals surface area contributed by atoms with Crippen LogP contribution in [0, 0.1) is 11.3 Å². The molecular weight excluding hydrogens is 478 g/mol. The van der Waals surface area contributed by atoms with Gasteiger partial charge in [0.05, 0.1) is 32.0 Å². The average Bonchev–Trinajstić information content (AvgIpc) is 3.17. The Hall–Kier alpha value is -4.28. The van der Waals surface area contributed by atoms with Crippen molar-refractivity contribution < 1.29 is 19.1 Å². The Balaban J connectivity index is 1.55. The number of ether oxygens (including phenoxy) is 2. The van der Waals surface area contributed by atoms with Gasteiger partial charge in [-0.3, -0.25) is 9.59 Å². The molecule has 0 spiro atoms. The molecule has 7 nitrogen and oxygen atoms in total. The second-order valence-electron chi connectivity index (χ2n) is 8.09. The molecule has 3 aromatic carbocycles. The number of amides is 2. The van der Waals surface area contributed by atoms with Crippen molar-refractivity contribution in [1.29, 1.82) is 5.26 Å². The molecule has 36 heavy (non-hydrogen) atoms. The fraction of sp³-hybridized carbons (Fsp3) is 0.179. The van der Waals surface area contributed by atoms with Crippen molar-refractivity contribution in [3.63, 3.8) is 0 Å². The van der Waals surface area contributed by atoms with Crippen molar-refractivity contribution >= 4 is 34.7 Å². The predicted molar refractivity (Wildman–Crippen MR) is 138 cm³/mol. The minimum absolute atomic E-state index is 0.102. The van der Waals surface area contributed by atoms with E-state index in [4.69, 9.17) is 21.1 Å². The number of nitrogens with one attached hydrogen (secondary N) is 1. The van der Waals surface area contributed by atoms with Crippen molar-refractivity contribution in [3.8, 4) is 17.6 Å². The van der Waals surface area contributed by atoms with Gasteiger partial charge in [-0.25, -0.2) is 0 Å². The first-order chi connectivity index (χ1) is 17.5. The van der Waals surface area contributed by atoms with Crippen LogP contribution in [0.4, 0.5) is 5.69 Å². The minimum atomic E-state index is -0.593. The highest BCUT2D eigenvalue weighted by Gasteiger charge is 2.36. The van der Waals surface area contributed by atoms with Gasteiger partial charge in [0.2, 0.25) is 0 Å². The quantitative estimate of drug-likeness (QED) is 0.361. The molecule has 1 aliphatic heterocycles. The van der Waals surface area contributed by atoms with E-state index in [0.29, 0.717) is 34.2 Å². The normalized spacial score (nSPS) is 13.6. The Morgan fingerprint density at radius 2 is 1.69 bits per heavy atom. The van der Waals surface area contributed by atoms with Crippen LogP contribution in [0.25, 0.3) is 5.57 Å². The fourth-order valence-corrected chi connectivity index (χ4v) is 4.24. The molecule has 0 unspecified atom stereocenters. The number of benzene rings is 3. The van der Waals surface area contributed by atoms with Crippen molar-refractivity contribution in [1.82, 2.24) is 5.32 Å². The van der Waals surface area contributed by atoms with Crippen molar-refractivity contribution in [2.45, 2.75) is 13.0 Å². The largest absolute Gasteiger partial charge is 0.493 e. The first kappa shape index (κ1) is 24.8. The van der Waals surface area contributed by atoms with Gasteiger partial charge in [-0.1, -0.05) is 48.0 Å². The molecule has 0 radical (unpaired) electrons. The highest BCUT2D eigenvalue weighted by Crippen LogP contribution is 2.39. The van der Waals surface area contributed by atoms with Crippen LogP contribution in [0.3, 0.4) is 0 Å². The summed E-state index contributed by atoms with van der Waals surface area (Å²) in [6, 6.07) is 21.8. The second-order valence-corrected chi connectivity index (χ2v) is 8.53. The molecule has 182 valence electrons. The molecule has 0 saturated carbocycles. The maximum absolute atomic E-state index is 13.4. The number of hydrogen-bond donors (Lipinski definition) is 1. The van der Waals surface area contributed by atoms with E-state index in [1.54, 1.807) is 55.5 Å². The Morgan fingerprint density at radius 1 is 1.00 bits per heavy atom. The first-order valence-electron chi connectivity index (χ1n) is 11.3. The molecule has 1 heterocycles. The number of hydrogen-bond acceptors (Lipinski definition) is 5. The smallest absolute Gasteiger partial charge is 0.262 e. The number of carbonyl (C=O) groups excluding carboxylic acids is 2. The van der Waals surface area contributed by atoms with E-state index in [-0.39, 0.29) is 24.2 Å². The van der Waals surface area contributed by atoms with Crippen LogP contribution in [0.1, 0.15) is 16.7 Å². The summed E-state index contributed by atoms with van der Waals surface area (Å²) in [7, 11) is 3.12. The molecule has 8 heteroatoms. The van der Waals surface area contributed by atoms with Gasteiger partial charge >= 0.3 is 0 Å². The summed E-state index contributed by atoms with van der Waals surface area (Å²) in [6.45, 7) is 0.563. The van der Waals surface area contributed by atoms with Crippen LogP contribution in [-0.2, 0) is 22.6 Å². The molecule has 4 rings (SSSR count). The zero-order valence-electron chi connectivity index (χ0n) is 19.9. The van der Waals surface area contributed by atoms with Crippen LogP contribution in [-0.4, -0.2) is 32.6 Å². The van der Waals surface area contributed by atoms with Gasteiger partial charge in [-0.05, 0) is 47.9 Å². The number of methoxy groups -OCH3 is 2. The van der Waals surface area contributed by atoms with Crippen LogP contribution in [0.5, 0.6) is 11.5 Å². The molecule has 0 aliphatic carbocycles. The molecule has 1 N–H and O–H groups in total. The van der Waals surface area contributed by atoms with Gasteiger partial charge < -0.3 is 19.7 Å². The lowest BCUT2D eigenvalue weighted by atomic mass is 10.0. The highest BCUT2D eigenvalue weighted by molar-refractivity contribution is 6.37. The van der Waals surface area contributed by atoms with Crippen LogP contribution < -0.4 is 19.7 Å². The third-order valence-electron chi connectivity index (χ3n) is 5.91. The lowest BCUT2D eigenvalue weighted by Crippen LogP contribution is -2.30. The Kier molecular flexibility index (Phi) is 7.57. The van der Waals surface area contributed by atoms with Gasteiger partial charge in [-0.2, -0.15) is 5.26 Å². The van der Waals surface area contributed by atoms with Crippen LogP contribution in [0.15, 0.2) is 72.3 Å². The fourth-order valence-electron chi connectivity index (χ4n) is 4.12. The summed E-state index contributed by atoms with van der Waals surface area (Å²) in [5.74, 6) is 0.223. The minimum Gasteiger partial charge on any atom is -0.493 e. The monoisotopic (exact) mass is 501 g/mol. The van der Waals surface area contributed by atoms with Gasteiger partial charge in [0, 0.05) is 17.1 Å². The molecule has 0 atom stereocenters. The van der Waals surface area contributed by atoms with Crippen molar-refractivity contribution in [2.24, 2.45) is 0 Å². The zero-order valence-corrected chi connectivity index (χ0v) is 20.6. The zero-order chi connectivity index (χ0) is 25.7.